The molecule has 0 unspecified atom stereocenters. The minimum absolute atomic E-state index is 0.147. The molecule has 0 radical (unpaired) electrons. The Labute approximate surface area is 60.7 Å². The van der Waals surface area contributed by atoms with Crippen LogP contribution in [0.3, 0.4) is 0 Å². The number of allylic oxidation sites excluding steroid dienone is 1. The highest BCUT2D eigenvalue weighted by Gasteiger charge is 2.03. The Morgan fingerprint density at radius 1 is 1.60 bits per heavy atom. The summed E-state index contributed by atoms with van der Waals surface area (Å²) in [5.74, 6) is -0.0112. The average Bonchev–Trinajstić information content (AvgIpc) is 1.81. The smallest absolute Gasteiger partial charge is 0.221 e. The molecule has 0 aromatic rings. The first-order valence-corrected chi connectivity index (χ1v) is 3.19. The third kappa shape index (κ3) is 3.12. The van der Waals surface area contributed by atoms with Gasteiger partial charge in [0.2, 0.25) is 5.91 Å². The summed E-state index contributed by atoms with van der Waals surface area (Å²) >= 11 is 0. The molecule has 0 aliphatic carbocycles. The summed E-state index contributed by atoms with van der Waals surface area (Å²) in [6.07, 6.45) is 0.923. The molecule has 0 atom stereocenters. The Morgan fingerprint density at radius 2 is 2.10 bits per heavy atom. The Bertz CT molecular complexity index is 150. The van der Waals surface area contributed by atoms with Crippen LogP contribution in [-0.4, -0.2) is 11.0 Å². The molecule has 0 aliphatic rings. The molecule has 3 nitrogen and oxygen atoms in total. The molecule has 0 saturated heterocycles. The van der Waals surface area contributed by atoms with Gasteiger partial charge in [0.05, 0.1) is 12.0 Å². The molecule has 10 heavy (non-hydrogen) atoms. The second-order valence-electron chi connectivity index (χ2n) is 2.42. The zero-order valence-electron chi connectivity index (χ0n) is 6.51. The zero-order chi connectivity index (χ0) is 8.15. The van der Waals surface area contributed by atoms with Gasteiger partial charge in [-0.2, -0.15) is 0 Å². The first-order valence-electron chi connectivity index (χ1n) is 3.19. The van der Waals surface area contributed by atoms with Crippen molar-refractivity contribution in [3.05, 3.63) is 12.0 Å². The minimum Gasteiger partial charge on any atom is -0.514 e. The quantitative estimate of drug-likeness (QED) is 0.570. The molecular formula is C7H13NO2. The summed E-state index contributed by atoms with van der Waals surface area (Å²) in [5.41, 5.74) is 0.549. The number of carbonyl (C=O) groups excluding carboxylic acids is 1. The first kappa shape index (κ1) is 9.01. The van der Waals surface area contributed by atoms with Gasteiger partial charge in [-0.15, -0.1) is 0 Å². The summed E-state index contributed by atoms with van der Waals surface area (Å²) in [7, 11) is 0. The standard InChI is InChI=1S/C7H13NO2/c1-5(2)7(4-9)8-6(3)10/h4-5,9H,1-3H3,(H,8,10)/b7-4-. The number of aliphatic hydroxyl groups excluding tert-OH is 1. The van der Waals surface area contributed by atoms with E-state index >= 15 is 0 Å². The minimum atomic E-state index is -0.158. The first-order chi connectivity index (χ1) is 4.57. The van der Waals surface area contributed by atoms with Crippen molar-refractivity contribution in [3.63, 3.8) is 0 Å². The van der Waals surface area contributed by atoms with Crippen LogP contribution in [0.2, 0.25) is 0 Å². The number of aliphatic hydroxyl groups is 1. The van der Waals surface area contributed by atoms with Gasteiger partial charge in [0.25, 0.3) is 0 Å². The van der Waals surface area contributed by atoms with E-state index in [9.17, 15) is 4.79 Å². The van der Waals surface area contributed by atoms with Crippen LogP contribution in [0, 0.1) is 5.92 Å². The monoisotopic (exact) mass is 143 g/mol. The van der Waals surface area contributed by atoms with Gasteiger partial charge in [-0.1, -0.05) is 13.8 Å². The van der Waals surface area contributed by atoms with Gasteiger partial charge >= 0.3 is 0 Å². The largest absolute Gasteiger partial charge is 0.514 e. The zero-order valence-corrected chi connectivity index (χ0v) is 6.51. The summed E-state index contributed by atoms with van der Waals surface area (Å²) < 4.78 is 0. The second-order valence-corrected chi connectivity index (χ2v) is 2.42. The van der Waals surface area contributed by atoms with E-state index in [0.29, 0.717) is 5.70 Å². The number of rotatable bonds is 2. The lowest BCUT2D eigenvalue weighted by Crippen LogP contribution is -2.22. The van der Waals surface area contributed by atoms with E-state index in [1.807, 2.05) is 13.8 Å². The molecule has 0 heterocycles. The van der Waals surface area contributed by atoms with Gasteiger partial charge in [0.15, 0.2) is 0 Å². The SMILES string of the molecule is CC(=O)N/C(=C\O)C(C)C. The fourth-order valence-corrected chi connectivity index (χ4v) is 0.529. The fourth-order valence-electron chi connectivity index (χ4n) is 0.529. The van der Waals surface area contributed by atoms with Crippen LogP contribution in [0.5, 0.6) is 0 Å². The Morgan fingerprint density at radius 3 is 2.20 bits per heavy atom. The molecule has 58 valence electrons. The van der Waals surface area contributed by atoms with Crippen molar-refractivity contribution >= 4 is 5.91 Å². The molecular weight excluding hydrogens is 130 g/mol. The Hall–Kier alpha value is -0.990. The van der Waals surface area contributed by atoms with Crippen molar-refractivity contribution < 1.29 is 9.90 Å². The summed E-state index contributed by atoms with van der Waals surface area (Å²) in [6, 6.07) is 0. The van der Waals surface area contributed by atoms with E-state index in [0.717, 1.165) is 6.26 Å². The van der Waals surface area contributed by atoms with E-state index in [1.54, 1.807) is 0 Å². The number of hydrogen-bond acceptors (Lipinski definition) is 2. The van der Waals surface area contributed by atoms with E-state index in [-0.39, 0.29) is 11.8 Å². The predicted molar refractivity (Wildman–Crippen MR) is 39.4 cm³/mol. The van der Waals surface area contributed by atoms with Crippen LogP contribution in [0.4, 0.5) is 0 Å². The van der Waals surface area contributed by atoms with Gasteiger partial charge in [-0.05, 0) is 5.92 Å². The van der Waals surface area contributed by atoms with Crippen molar-refractivity contribution in [1.29, 1.82) is 0 Å². The van der Waals surface area contributed by atoms with E-state index in [4.69, 9.17) is 5.11 Å². The van der Waals surface area contributed by atoms with Crippen molar-refractivity contribution in [3.8, 4) is 0 Å². The van der Waals surface area contributed by atoms with Crippen molar-refractivity contribution in [1.82, 2.24) is 5.32 Å². The topological polar surface area (TPSA) is 49.3 Å². The summed E-state index contributed by atoms with van der Waals surface area (Å²) in [5, 5.41) is 11.1. The lowest BCUT2D eigenvalue weighted by Gasteiger charge is -2.08. The molecule has 0 aromatic carbocycles. The molecule has 0 aromatic heterocycles. The third-order valence-electron chi connectivity index (χ3n) is 1.08. The number of nitrogens with one attached hydrogen (secondary N) is 1. The molecule has 3 heteroatoms. The molecule has 1 amide bonds. The van der Waals surface area contributed by atoms with Gasteiger partial charge < -0.3 is 10.4 Å². The van der Waals surface area contributed by atoms with Crippen LogP contribution in [-0.2, 0) is 4.79 Å². The van der Waals surface area contributed by atoms with Gasteiger partial charge in [0, 0.05) is 6.92 Å². The molecule has 0 saturated carbocycles. The number of hydrogen-bond donors (Lipinski definition) is 2. The van der Waals surface area contributed by atoms with Crippen molar-refractivity contribution in [2.45, 2.75) is 20.8 Å². The van der Waals surface area contributed by atoms with Gasteiger partial charge in [-0.25, -0.2) is 0 Å². The number of amides is 1. The van der Waals surface area contributed by atoms with Gasteiger partial charge in [-0.3, -0.25) is 4.79 Å². The maximum Gasteiger partial charge on any atom is 0.221 e. The maximum absolute atomic E-state index is 10.5. The van der Waals surface area contributed by atoms with E-state index in [2.05, 4.69) is 5.32 Å². The van der Waals surface area contributed by atoms with E-state index in [1.165, 1.54) is 6.92 Å². The highest BCUT2D eigenvalue weighted by Crippen LogP contribution is 2.03. The molecule has 0 rings (SSSR count). The highest BCUT2D eigenvalue weighted by atomic mass is 16.2. The number of carbonyl (C=O) groups is 1. The normalized spacial score (nSPS) is 11.8. The summed E-state index contributed by atoms with van der Waals surface area (Å²) in [4.78, 5) is 10.5. The van der Waals surface area contributed by atoms with E-state index < -0.39 is 0 Å². The Balaban J connectivity index is 3.99. The van der Waals surface area contributed by atoms with Crippen LogP contribution in [0.1, 0.15) is 20.8 Å². The summed E-state index contributed by atoms with van der Waals surface area (Å²) in [6.45, 7) is 5.18. The molecule has 0 aliphatic heterocycles. The molecule has 0 bridgehead atoms. The van der Waals surface area contributed by atoms with Crippen LogP contribution in [0.15, 0.2) is 12.0 Å². The molecule has 2 N–H and O–H groups in total. The van der Waals surface area contributed by atoms with Crippen molar-refractivity contribution in [2.75, 3.05) is 0 Å². The predicted octanol–water partition coefficient (Wildman–Crippen LogP) is 1.18. The molecule has 0 fully saturated rings. The highest BCUT2D eigenvalue weighted by molar-refractivity contribution is 5.74. The fraction of sp³-hybridized carbons (Fsp3) is 0.571. The maximum atomic E-state index is 10.5. The van der Waals surface area contributed by atoms with Gasteiger partial charge in [0.1, 0.15) is 0 Å². The second kappa shape index (κ2) is 3.93. The van der Waals surface area contributed by atoms with Crippen molar-refractivity contribution in [2.24, 2.45) is 5.92 Å². The molecule has 0 spiro atoms. The lowest BCUT2D eigenvalue weighted by molar-refractivity contribution is -0.118. The van der Waals surface area contributed by atoms with Crippen LogP contribution >= 0.6 is 0 Å². The average molecular weight is 143 g/mol. The lowest BCUT2D eigenvalue weighted by atomic mass is 10.1. The van der Waals surface area contributed by atoms with Crippen LogP contribution in [0.25, 0.3) is 0 Å². The Kier molecular flexibility index (Phi) is 3.54. The third-order valence-corrected chi connectivity index (χ3v) is 1.08. The van der Waals surface area contributed by atoms with Crippen LogP contribution < -0.4 is 5.32 Å².